The Hall–Kier alpha value is -3.53. The fraction of sp³-hybridized carbons (Fsp3) is 0.444. The predicted molar refractivity (Wildman–Crippen MR) is 138 cm³/mol. The van der Waals surface area contributed by atoms with Crippen LogP contribution < -0.4 is 4.74 Å². The monoisotopic (exact) mass is 510 g/mol. The van der Waals surface area contributed by atoms with Crippen molar-refractivity contribution >= 4 is 22.5 Å². The van der Waals surface area contributed by atoms with E-state index in [0.717, 1.165) is 48.1 Å². The molecular formula is C27H32F2N6O2. The molecule has 0 spiro atoms. The molecule has 37 heavy (non-hydrogen) atoms. The third-order valence-corrected chi connectivity index (χ3v) is 7.20. The van der Waals surface area contributed by atoms with Crippen molar-refractivity contribution in [3.63, 3.8) is 0 Å². The van der Waals surface area contributed by atoms with Crippen LogP contribution in [-0.2, 0) is 4.79 Å². The first kappa shape index (κ1) is 25.1. The molecule has 8 nitrogen and oxygen atoms in total. The highest BCUT2D eigenvalue weighted by atomic mass is 19.3. The maximum Gasteiger partial charge on any atom is 0.387 e. The highest BCUT2D eigenvalue weighted by Crippen LogP contribution is 2.39. The summed E-state index contributed by atoms with van der Waals surface area (Å²) in [6, 6.07) is 8.13. The summed E-state index contributed by atoms with van der Waals surface area (Å²) in [6.45, 7) is 3.54. The van der Waals surface area contributed by atoms with Gasteiger partial charge in [0.05, 0.1) is 12.2 Å². The van der Waals surface area contributed by atoms with E-state index in [4.69, 9.17) is 4.74 Å². The molecule has 1 aliphatic heterocycles. The summed E-state index contributed by atoms with van der Waals surface area (Å²) in [5.74, 6) is 0.723. The molecule has 1 fully saturated rings. The van der Waals surface area contributed by atoms with Gasteiger partial charge in [-0.25, -0.2) is 9.50 Å². The van der Waals surface area contributed by atoms with E-state index in [2.05, 4.69) is 52.0 Å². The molecule has 0 aliphatic carbocycles. The fourth-order valence-electron chi connectivity index (χ4n) is 5.28. The van der Waals surface area contributed by atoms with Gasteiger partial charge in [-0.15, -0.1) is 0 Å². The van der Waals surface area contributed by atoms with Gasteiger partial charge in [-0.1, -0.05) is 19.9 Å². The van der Waals surface area contributed by atoms with Gasteiger partial charge in [0.15, 0.2) is 11.4 Å². The van der Waals surface area contributed by atoms with Gasteiger partial charge < -0.3 is 14.6 Å². The number of carbonyl (C=O) groups excluding carboxylic acids is 1. The van der Waals surface area contributed by atoms with E-state index in [1.807, 2.05) is 0 Å². The van der Waals surface area contributed by atoms with Crippen molar-refractivity contribution in [3.8, 4) is 17.0 Å². The average Bonchev–Trinajstić information content (AvgIpc) is 3.48. The predicted octanol–water partition coefficient (Wildman–Crippen LogP) is 4.87. The van der Waals surface area contributed by atoms with Crippen LogP contribution in [-0.4, -0.2) is 75.6 Å². The zero-order valence-corrected chi connectivity index (χ0v) is 21.5. The van der Waals surface area contributed by atoms with Gasteiger partial charge in [-0.2, -0.15) is 13.9 Å². The number of halogens is 2. The Bertz CT molecular complexity index is 1420. The van der Waals surface area contributed by atoms with Crippen molar-refractivity contribution in [1.82, 2.24) is 29.4 Å². The number of piperidine rings is 1. The Kier molecular flexibility index (Phi) is 6.85. The lowest BCUT2D eigenvalue weighted by atomic mass is 9.87. The van der Waals surface area contributed by atoms with Gasteiger partial charge in [-0.3, -0.25) is 9.69 Å². The molecule has 1 N–H and O–H groups in total. The number of pyridine rings is 1. The molecule has 1 saturated heterocycles. The Morgan fingerprint density at radius 3 is 2.65 bits per heavy atom. The SMILES string of the molecule is CC(C)c1c(-c2cc(OC(F)F)c3ncnn3c2)[nH]c2ccc(C3CCN(CC(=O)N(C)C)CC3)cc12. The summed E-state index contributed by atoms with van der Waals surface area (Å²) < 4.78 is 32.4. The van der Waals surface area contributed by atoms with Gasteiger partial charge >= 0.3 is 6.61 Å². The second-order valence-corrected chi connectivity index (χ2v) is 10.2. The van der Waals surface area contributed by atoms with Crippen LogP contribution in [0.3, 0.4) is 0 Å². The van der Waals surface area contributed by atoms with Gasteiger partial charge in [-0.05, 0) is 67.1 Å². The summed E-state index contributed by atoms with van der Waals surface area (Å²) >= 11 is 0. The molecule has 0 radical (unpaired) electrons. The van der Waals surface area contributed by atoms with Crippen molar-refractivity contribution in [2.24, 2.45) is 0 Å². The van der Waals surface area contributed by atoms with Gasteiger partial charge in [0.2, 0.25) is 5.91 Å². The normalized spacial score (nSPS) is 15.4. The second kappa shape index (κ2) is 10.1. The van der Waals surface area contributed by atoms with Crippen molar-refractivity contribution in [2.75, 3.05) is 33.7 Å². The van der Waals surface area contributed by atoms with Crippen LogP contribution in [0.4, 0.5) is 8.78 Å². The standard InChI is InChI=1S/C27H32F2N6O2/c1-16(2)24-20-11-18(17-7-9-34(10-8-17)14-23(36)33(3)4)5-6-21(20)32-25(24)19-12-22(37-27(28)29)26-30-15-31-35(26)13-19/h5-6,11-13,15-17,27,32H,7-10,14H2,1-4H3. The number of carbonyl (C=O) groups is 1. The number of rotatable bonds is 7. The van der Waals surface area contributed by atoms with Crippen LogP contribution in [0.5, 0.6) is 5.75 Å². The number of ether oxygens (including phenoxy) is 1. The molecule has 0 bridgehead atoms. The summed E-state index contributed by atoms with van der Waals surface area (Å²) in [5, 5.41) is 5.28. The van der Waals surface area contributed by atoms with Crippen LogP contribution in [0.1, 0.15) is 49.7 Å². The van der Waals surface area contributed by atoms with E-state index in [1.165, 1.54) is 16.4 Å². The average molecular weight is 511 g/mol. The lowest BCUT2D eigenvalue weighted by Gasteiger charge is -2.32. The Balaban J connectivity index is 1.47. The molecule has 1 aliphatic rings. The maximum atomic E-state index is 13.1. The van der Waals surface area contributed by atoms with Gasteiger partial charge in [0.1, 0.15) is 6.33 Å². The minimum Gasteiger partial charge on any atom is -0.431 e. The number of likely N-dealkylation sites (tertiary alicyclic amines) is 1. The van der Waals surface area contributed by atoms with Crippen LogP contribution in [0, 0.1) is 0 Å². The van der Waals surface area contributed by atoms with Crippen molar-refractivity contribution < 1.29 is 18.3 Å². The smallest absolute Gasteiger partial charge is 0.387 e. The number of alkyl halides is 2. The summed E-state index contributed by atoms with van der Waals surface area (Å²) in [5.41, 5.74) is 5.20. The minimum absolute atomic E-state index is 0.0152. The number of benzene rings is 1. The quantitative estimate of drug-likeness (QED) is 0.384. The molecule has 0 atom stereocenters. The molecule has 0 unspecified atom stereocenters. The number of H-pyrrole nitrogens is 1. The number of hydrogen-bond acceptors (Lipinski definition) is 5. The van der Waals surface area contributed by atoms with Crippen molar-refractivity contribution in [1.29, 1.82) is 0 Å². The Labute approximate surface area is 214 Å². The largest absolute Gasteiger partial charge is 0.431 e. The highest BCUT2D eigenvalue weighted by molar-refractivity contribution is 5.92. The molecule has 5 rings (SSSR count). The molecule has 0 saturated carbocycles. The second-order valence-electron chi connectivity index (χ2n) is 10.2. The number of nitrogens with one attached hydrogen (secondary N) is 1. The maximum absolute atomic E-state index is 13.1. The molecule has 196 valence electrons. The minimum atomic E-state index is -2.96. The van der Waals surface area contributed by atoms with E-state index >= 15 is 0 Å². The molecule has 1 amide bonds. The zero-order valence-electron chi connectivity index (χ0n) is 21.5. The number of amides is 1. The van der Waals surface area contributed by atoms with Crippen molar-refractivity contribution in [3.05, 3.63) is 47.9 Å². The number of likely N-dealkylation sites (N-methyl/N-ethyl adjacent to an activating group) is 1. The van der Waals surface area contributed by atoms with E-state index < -0.39 is 6.61 Å². The molecular weight excluding hydrogens is 478 g/mol. The Morgan fingerprint density at radius 1 is 1.22 bits per heavy atom. The van der Waals surface area contributed by atoms with Gasteiger partial charge in [0, 0.05) is 36.8 Å². The van der Waals surface area contributed by atoms with Crippen LogP contribution in [0.25, 0.3) is 27.8 Å². The number of nitrogens with zero attached hydrogens (tertiary/aromatic N) is 5. The van der Waals surface area contributed by atoms with Crippen LogP contribution >= 0.6 is 0 Å². The first-order chi connectivity index (χ1) is 17.7. The number of aromatic amines is 1. The first-order valence-corrected chi connectivity index (χ1v) is 12.6. The van der Waals surface area contributed by atoms with Gasteiger partial charge in [0.25, 0.3) is 0 Å². The van der Waals surface area contributed by atoms with Crippen LogP contribution in [0.2, 0.25) is 0 Å². The van der Waals surface area contributed by atoms with E-state index in [9.17, 15) is 13.6 Å². The molecule has 3 aromatic heterocycles. The molecule has 10 heteroatoms. The third kappa shape index (κ3) is 5.02. The van der Waals surface area contributed by atoms with E-state index in [-0.39, 0.29) is 23.2 Å². The summed E-state index contributed by atoms with van der Waals surface area (Å²) in [7, 11) is 3.58. The zero-order chi connectivity index (χ0) is 26.3. The number of fused-ring (bicyclic) bond motifs is 2. The highest BCUT2D eigenvalue weighted by Gasteiger charge is 2.25. The lowest BCUT2D eigenvalue weighted by molar-refractivity contribution is -0.130. The number of hydrogen-bond donors (Lipinski definition) is 1. The molecule has 4 heterocycles. The fourth-order valence-corrected chi connectivity index (χ4v) is 5.28. The Morgan fingerprint density at radius 2 is 1.97 bits per heavy atom. The van der Waals surface area contributed by atoms with E-state index in [0.29, 0.717) is 18.0 Å². The molecule has 1 aromatic carbocycles. The first-order valence-electron chi connectivity index (χ1n) is 12.6. The molecule has 4 aromatic rings. The summed E-state index contributed by atoms with van der Waals surface area (Å²) in [4.78, 5) is 23.5. The van der Waals surface area contributed by atoms with Crippen molar-refractivity contribution in [2.45, 2.75) is 45.1 Å². The van der Waals surface area contributed by atoms with E-state index in [1.54, 1.807) is 31.3 Å². The topological polar surface area (TPSA) is 78.8 Å². The van der Waals surface area contributed by atoms with Crippen LogP contribution in [0.15, 0.2) is 36.8 Å². The number of aromatic nitrogens is 4. The summed E-state index contributed by atoms with van der Waals surface area (Å²) in [6.07, 6.45) is 5.10. The lowest BCUT2D eigenvalue weighted by Crippen LogP contribution is -2.40. The third-order valence-electron chi connectivity index (χ3n) is 7.20.